The average molecular weight is 371 g/mol. The van der Waals surface area contributed by atoms with Crippen LogP contribution in [0.3, 0.4) is 0 Å². The van der Waals surface area contributed by atoms with Gasteiger partial charge in [-0.05, 0) is 80.1 Å². The Morgan fingerprint density at radius 3 is 2.11 bits per heavy atom. The molecular weight excluding hydrogens is 332 g/mol. The summed E-state index contributed by atoms with van der Waals surface area (Å²) >= 11 is 0. The standard InChI is InChI=1S/C24H38N2O/c1-18-14-20(15-19(2)22(18)25-21(27)16-23(3,4)5)17-26-12-10-24(11-13-26)8-6-7-9-24/h14-15H,6-13,16-17H2,1-5H3,(H,25,27). The Hall–Kier alpha value is -1.35. The molecule has 0 aromatic heterocycles. The number of carbonyl (C=O) groups is 1. The molecule has 3 rings (SSSR count). The summed E-state index contributed by atoms with van der Waals surface area (Å²) < 4.78 is 0. The molecule has 1 N–H and O–H groups in total. The predicted octanol–water partition coefficient (Wildman–Crippen LogP) is 5.83. The Labute approximate surface area is 165 Å². The molecule has 0 bridgehead atoms. The van der Waals surface area contributed by atoms with Crippen molar-refractivity contribution in [1.29, 1.82) is 0 Å². The molecule has 150 valence electrons. The van der Waals surface area contributed by atoms with E-state index in [1.165, 1.54) is 68.3 Å². The molecule has 0 atom stereocenters. The number of aryl methyl sites for hydroxylation is 2. The highest BCUT2D eigenvalue weighted by molar-refractivity contribution is 5.92. The minimum absolute atomic E-state index is 0.0107. The predicted molar refractivity (Wildman–Crippen MR) is 114 cm³/mol. The Balaban J connectivity index is 1.60. The van der Waals surface area contributed by atoms with Crippen LogP contribution in [-0.4, -0.2) is 23.9 Å². The fourth-order valence-corrected chi connectivity index (χ4v) is 5.08. The molecule has 1 aromatic rings. The molecule has 1 spiro atoms. The highest BCUT2D eigenvalue weighted by Crippen LogP contribution is 2.46. The average Bonchev–Trinajstić information content (AvgIpc) is 3.00. The Morgan fingerprint density at radius 2 is 1.59 bits per heavy atom. The minimum Gasteiger partial charge on any atom is -0.326 e. The van der Waals surface area contributed by atoms with Gasteiger partial charge in [0.2, 0.25) is 5.91 Å². The van der Waals surface area contributed by atoms with Crippen molar-refractivity contribution in [2.45, 2.75) is 86.1 Å². The van der Waals surface area contributed by atoms with Crippen LogP contribution in [0.15, 0.2) is 12.1 Å². The van der Waals surface area contributed by atoms with Crippen LogP contribution in [0.25, 0.3) is 0 Å². The first-order chi connectivity index (χ1) is 12.7. The number of piperidine rings is 1. The van der Waals surface area contributed by atoms with Crippen molar-refractivity contribution in [3.63, 3.8) is 0 Å². The van der Waals surface area contributed by atoms with Gasteiger partial charge in [0.05, 0.1) is 0 Å². The molecule has 0 radical (unpaired) electrons. The highest BCUT2D eigenvalue weighted by atomic mass is 16.1. The number of likely N-dealkylation sites (tertiary alicyclic amines) is 1. The normalized spacial score (nSPS) is 20.2. The number of nitrogens with one attached hydrogen (secondary N) is 1. The summed E-state index contributed by atoms with van der Waals surface area (Å²) in [5.41, 5.74) is 5.42. The maximum atomic E-state index is 12.3. The van der Waals surface area contributed by atoms with E-state index >= 15 is 0 Å². The maximum Gasteiger partial charge on any atom is 0.224 e. The molecule has 1 saturated heterocycles. The third kappa shape index (κ3) is 5.34. The molecule has 2 aliphatic rings. The van der Waals surface area contributed by atoms with E-state index in [1.807, 2.05) is 0 Å². The van der Waals surface area contributed by atoms with Gasteiger partial charge < -0.3 is 5.32 Å². The molecule has 1 aliphatic carbocycles. The molecular formula is C24H38N2O. The number of hydrogen-bond donors (Lipinski definition) is 1. The number of benzene rings is 1. The molecule has 1 saturated carbocycles. The van der Waals surface area contributed by atoms with E-state index in [4.69, 9.17) is 0 Å². The second kappa shape index (κ2) is 7.95. The van der Waals surface area contributed by atoms with Crippen molar-refractivity contribution >= 4 is 11.6 Å². The summed E-state index contributed by atoms with van der Waals surface area (Å²) in [5.74, 6) is 0.111. The van der Waals surface area contributed by atoms with Crippen LogP contribution < -0.4 is 5.32 Å². The zero-order chi connectivity index (χ0) is 19.7. The summed E-state index contributed by atoms with van der Waals surface area (Å²) in [7, 11) is 0. The fourth-order valence-electron chi connectivity index (χ4n) is 5.08. The van der Waals surface area contributed by atoms with E-state index in [-0.39, 0.29) is 11.3 Å². The first-order valence-electron chi connectivity index (χ1n) is 10.8. The van der Waals surface area contributed by atoms with Crippen molar-refractivity contribution in [1.82, 2.24) is 4.90 Å². The van der Waals surface area contributed by atoms with Gasteiger partial charge in [0.25, 0.3) is 0 Å². The molecule has 1 aromatic carbocycles. The van der Waals surface area contributed by atoms with Crippen LogP contribution in [0.2, 0.25) is 0 Å². The van der Waals surface area contributed by atoms with Gasteiger partial charge in [-0.3, -0.25) is 9.69 Å². The van der Waals surface area contributed by atoms with E-state index in [2.05, 4.69) is 57.0 Å². The van der Waals surface area contributed by atoms with Crippen LogP contribution in [0.1, 0.15) is 82.4 Å². The summed E-state index contributed by atoms with van der Waals surface area (Å²) in [4.78, 5) is 15.0. The van der Waals surface area contributed by atoms with Gasteiger partial charge in [0.1, 0.15) is 0 Å². The molecule has 1 aliphatic heterocycles. The molecule has 3 nitrogen and oxygen atoms in total. The number of rotatable bonds is 4. The largest absolute Gasteiger partial charge is 0.326 e. The first kappa shape index (κ1) is 20.4. The van der Waals surface area contributed by atoms with E-state index in [0.717, 1.165) is 12.2 Å². The van der Waals surface area contributed by atoms with Crippen LogP contribution in [0.4, 0.5) is 5.69 Å². The Bertz CT molecular complexity index is 647. The van der Waals surface area contributed by atoms with Crippen LogP contribution >= 0.6 is 0 Å². The molecule has 27 heavy (non-hydrogen) atoms. The van der Waals surface area contributed by atoms with Crippen molar-refractivity contribution in [2.24, 2.45) is 10.8 Å². The molecule has 0 unspecified atom stereocenters. The van der Waals surface area contributed by atoms with Crippen LogP contribution in [0.5, 0.6) is 0 Å². The van der Waals surface area contributed by atoms with Gasteiger partial charge in [-0.2, -0.15) is 0 Å². The first-order valence-corrected chi connectivity index (χ1v) is 10.8. The maximum absolute atomic E-state index is 12.3. The lowest BCUT2D eigenvalue weighted by atomic mass is 9.77. The third-order valence-corrected chi connectivity index (χ3v) is 6.53. The second-order valence-corrected chi connectivity index (χ2v) is 10.4. The minimum atomic E-state index is 0.0107. The van der Waals surface area contributed by atoms with Gasteiger partial charge in [0.15, 0.2) is 0 Å². The lowest BCUT2D eigenvalue weighted by Crippen LogP contribution is -2.38. The molecule has 2 fully saturated rings. The van der Waals surface area contributed by atoms with E-state index in [1.54, 1.807) is 0 Å². The fraction of sp³-hybridized carbons (Fsp3) is 0.708. The van der Waals surface area contributed by atoms with Crippen LogP contribution in [-0.2, 0) is 11.3 Å². The zero-order valence-corrected chi connectivity index (χ0v) is 18.1. The van der Waals surface area contributed by atoms with Gasteiger partial charge in [0, 0.05) is 18.7 Å². The van der Waals surface area contributed by atoms with E-state index in [0.29, 0.717) is 11.8 Å². The number of anilines is 1. The monoisotopic (exact) mass is 370 g/mol. The number of nitrogens with zero attached hydrogens (tertiary/aromatic N) is 1. The highest BCUT2D eigenvalue weighted by Gasteiger charge is 2.36. The molecule has 1 heterocycles. The van der Waals surface area contributed by atoms with Gasteiger partial charge in [-0.1, -0.05) is 45.7 Å². The van der Waals surface area contributed by atoms with E-state index < -0.39 is 0 Å². The molecule has 3 heteroatoms. The lowest BCUT2D eigenvalue weighted by molar-refractivity contribution is -0.117. The number of carbonyl (C=O) groups excluding carboxylic acids is 1. The van der Waals surface area contributed by atoms with Crippen molar-refractivity contribution < 1.29 is 4.79 Å². The van der Waals surface area contributed by atoms with Crippen molar-refractivity contribution in [2.75, 3.05) is 18.4 Å². The lowest BCUT2D eigenvalue weighted by Gasteiger charge is -2.39. The molecule has 1 amide bonds. The van der Waals surface area contributed by atoms with Gasteiger partial charge >= 0.3 is 0 Å². The third-order valence-electron chi connectivity index (χ3n) is 6.53. The summed E-state index contributed by atoms with van der Waals surface area (Å²) in [6, 6.07) is 4.53. The summed E-state index contributed by atoms with van der Waals surface area (Å²) in [6.07, 6.45) is 9.12. The van der Waals surface area contributed by atoms with Crippen molar-refractivity contribution in [3.8, 4) is 0 Å². The van der Waals surface area contributed by atoms with Gasteiger partial charge in [-0.25, -0.2) is 0 Å². The number of amides is 1. The van der Waals surface area contributed by atoms with E-state index in [9.17, 15) is 4.79 Å². The topological polar surface area (TPSA) is 32.3 Å². The van der Waals surface area contributed by atoms with Gasteiger partial charge in [-0.15, -0.1) is 0 Å². The Kier molecular flexibility index (Phi) is 6.00. The quantitative estimate of drug-likeness (QED) is 0.722. The zero-order valence-electron chi connectivity index (χ0n) is 18.1. The smallest absolute Gasteiger partial charge is 0.224 e. The van der Waals surface area contributed by atoms with Crippen LogP contribution in [0, 0.1) is 24.7 Å². The van der Waals surface area contributed by atoms with Crippen molar-refractivity contribution in [3.05, 3.63) is 28.8 Å². The summed E-state index contributed by atoms with van der Waals surface area (Å²) in [5, 5.41) is 3.15. The second-order valence-electron chi connectivity index (χ2n) is 10.4. The SMILES string of the molecule is Cc1cc(CN2CCC3(CCCC3)CC2)cc(C)c1NC(=O)CC(C)(C)C. The summed E-state index contributed by atoms with van der Waals surface area (Å²) in [6.45, 7) is 14.1. The number of hydrogen-bond acceptors (Lipinski definition) is 2. The Morgan fingerprint density at radius 1 is 1.04 bits per heavy atom.